The lowest BCUT2D eigenvalue weighted by atomic mass is 10.4. The van der Waals surface area contributed by atoms with Crippen LogP contribution in [0.25, 0.3) is 0 Å². The van der Waals surface area contributed by atoms with Gasteiger partial charge in [-0.25, -0.2) is 9.13 Å². The van der Waals surface area contributed by atoms with Crippen molar-refractivity contribution in [1.29, 1.82) is 0 Å². The van der Waals surface area contributed by atoms with Gasteiger partial charge in [-0.15, -0.1) is 0 Å². The predicted octanol–water partition coefficient (Wildman–Crippen LogP) is 1.18. The molecule has 84 valence electrons. The monoisotopic (exact) mass is 246 g/mol. The van der Waals surface area contributed by atoms with E-state index in [4.69, 9.17) is 14.7 Å². The fraction of sp³-hybridized carbons (Fsp3) is 0.600. The Labute approximate surface area is 81.2 Å². The van der Waals surface area contributed by atoms with Gasteiger partial charge in [0.15, 0.2) is 0 Å². The molecule has 1 atom stereocenters. The summed E-state index contributed by atoms with van der Waals surface area (Å²) < 4.78 is 28.7. The van der Waals surface area contributed by atoms with Crippen LogP contribution < -0.4 is 0 Å². The summed E-state index contributed by atoms with van der Waals surface area (Å²) in [6.07, 6.45) is 3.82. The average Bonchev–Trinajstić information content (AvgIpc) is 1.93. The summed E-state index contributed by atoms with van der Waals surface area (Å²) in [4.78, 5) is 25.2. The number of phosphoric ester groups is 1. The largest absolute Gasteiger partial charge is 0.481 e. The first-order valence-corrected chi connectivity index (χ1v) is 6.68. The molecule has 0 aromatic heterocycles. The van der Waals surface area contributed by atoms with Gasteiger partial charge in [0.25, 0.3) is 0 Å². The molecule has 0 heterocycles. The van der Waals surface area contributed by atoms with E-state index in [0.29, 0.717) is 0 Å². The molecule has 14 heavy (non-hydrogen) atoms. The molecule has 0 bridgehead atoms. The minimum Gasteiger partial charge on any atom is -0.302 e. The third-order valence-corrected chi connectivity index (χ3v) is 3.10. The first-order chi connectivity index (χ1) is 6.27. The molecule has 0 rings (SSSR count). The van der Waals surface area contributed by atoms with Crippen molar-refractivity contribution in [1.82, 2.24) is 0 Å². The molecule has 0 spiro atoms. The quantitative estimate of drug-likeness (QED) is 0.476. The summed E-state index contributed by atoms with van der Waals surface area (Å²) in [5.41, 5.74) is 0. The SMILES string of the molecule is CC/C=C/COP(=O)(O)OP(=O)(O)O. The van der Waals surface area contributed by atoms with Crippen molar-refractivity contribution in [2.45, 2.75) is 13.3 Å². The fourth-order valence-electron chi connectivity index (χ4n) is 0.530. The number of hydrogen-bond donors (Lipinski definition) is 3. The molecular formula is C5H12O7P2. The van der Waals surface area contributed by atoms with Crippen molar-refractivity contribution < 1.29 is 32.6 Å². The second-order valence-electron chi connectivity index (χ2n) is 2.22. The molecule has 0 radical (unpaired) electrons. The van der Waals surface area contributed by atoms with Crippen molar-refractivity contribution in [3.8, 4) is 0 Å². The average molecular weight is 246 g/mol. The molecule has 0 aliphatic heterocycles. The highest BCUT2D eigenvalue weighted by Crippen LogP contribution is 2.57. The Kier molecular flexibility index (Phi) is 5.78. The number of phosphoric acid groups is 2. The van der Waals surface area contributed by atoms with Crippen LogP contribution in [0, 0.1) is 0 Å². The van der Waals surface area contributed by atoms with Crippen LogP contribution >= 0.6 is 15.6 Å². The Morgan fingerprint density at radius 1 is 1.21 bits per heavy atom. The van der Waals surface area contributed by atoms with E-state index in [1.165, 1.54) is 6.08 Å². The topological polar surface area (TPSA) is 113 Å². The van der Waals surface area contributed by atoms with Crippen LogP contribution in [0.15, 0.2) is 12.2 Å². The fourth-order valence-corrected chi connectivity index (χ4v) is 2.07. The summed E-state index contributed by atoms with van der Waals surface area (Å²) >= 11 is 0. The molecule has 0 aromatic rings. The zero-order valence-electron chi connectivity index (χ0n) is 7.44. The summed E-state index contributed by atoms with van der Waals surface area (Å²) in [6.45, 7) is 1.60. The number of allylic oxidation sites excluding steroid dienone is 1. The third kappa shape index (κ3) is 8.59. The summed E-state index contributed by atoms with van der Waals surface area (Å²) in [5, 5.41) is 0. The summed E-state index contributed by atoms with van der Waals surface area (Å²) in [5.74, 6) is 0. The Bertz CT molecular complexity index is 280. The van der Waals surface area contributed by atoms with E-state index in [1.54, 1.807) is 6.08 Å². The van der Waals surface area contributed by atoms with Crippen molar-refractivity contribution in [3.05, 3.63) is 12.2 Å². The first kappa shape index (κ1) is 14.0. The molecule has 0 amide bonds. The van der Waals surface area contributed by atoms with Crippen LogP contribution in [0.3, 0.4) is 0 Å². The molecule has 0 aliphatic carbocycles. The molecule has 0 saturated heterocycles. The van der Waals surface area contributed by atoms with Crippen molar-refractivity contribution in [3.63, 3.8) is 0 Å². The maximum absolute atomic E-state index is 10.8. The van der Waals surface area contributed by atoms with Gasteiger partial charge in [0.1, 0.15) is 0 Å². The standard InChI is InChI=1S/C5H12O7P2/c1-2-3-4-5-11-14(9,10)12-13(6,7)8/h3-4H,2,5H2,1H3,(H,9,10)(H2,6,7,8)/b4-3+. The van der Waals surface area contributed by atoms with E-state index >= 15 is 0 Å². The van der Waals surface area contributed by atoms with Crippen LogP contribution in [-0.2, 0) is 18.0 Å². The molecule has 0 fully saturated rings. The maximum atomic E-state index is 10.8. The zero-order chi connectivity index (χ0) is 11.2. The van der Waals surface area contributed by atoms with Gasteiger partial charge in [0, 0.05) is 0 Å². The van der Waals surface area contributed by atoms with E-state index in [2.05, 4.69) is 8.83 Å². The van der Waals surface area contributed by atoms with Crippen LogP contribution in [0.4, 0.5) is 0 Å². The Morgan fingerprint density at radius 2 is 1.79 bits per heavy atom. The van der Waals surface area contributed by atoms with Crippen molar-refractivity contribution in [2.24, 2.45) is 0 Å². The van der Waals surface area contributed by atoms with Crippen LogP contribution in [0.2, 0.25) is 0 Å². The van der Waals surface area contributed by atoms with E-state index in [1.807, 2.05) is 6.92 Å². The van der Waals surface area contributed by atoms with E-state index in [0.717, 1.165) is 6.42 Å². The second kappa shape index (κ2) is 5.78. The van der Waals surface area contributed by atoms with Crippen LogP contribution in [-0.4, -0.2) is 21.3 Å². The minimum atomic E-state index is -5.01. The molecule has 9 heteroatoms. The molecular weight excluding hydrogens is 234 g/mol. The highest BCUT2D eigenvalue weighted by atomic mass is 31.3. The van der Waals surface area contributed by atoms with Gasteiger partial charge in [-0.05, 0) is 6.42 Å². The van der Waals surface area contributed by atoms with E-state index in [9.17, 15) is 9.13 Å². The normalized spacial score (nSPS) is 17.1. The summed E-state index contributed by atoms with van der Waals surface area (Å²) in [7, 11) is -9.67. The molecule has 0 aromatic carbocycles. The van der Waals surface area contributed by atoms with Gasteiger partial charge in [-0.1, -0.05) is 19.1 Å². The molecule has 3 N–H and O–H groups in total. The third-order valence-electron chi connectivity index (χ3n) is 0.946. The lowest BCUT2D eigenvalue weighted by molar-refractivity contribution is 0.191. The van der Waals surface area contributed by atoms with Gasteiger partial charge in [-0.2, -0.15) is 4.31 Å². The predicted molar refractivity (Wildman–Crippen MR) is 48.3 cm³/mol. The molecule has 7 nitrogen and oxygen atoms in total. The molecule has 1 unspecified atom stereocenters. The minimum absolute atomic E-state index is 0.248. The maximum Gasteiger partial charge on any atom is 0.481 e. The van der Waals surface area contributed by atoms with Crippen molar-refractivity contribution >= 4 is 15.6 Å². The number of rotatable bonds is 6. The Hall–Kier alpha value is -0.0000000000000000416. The van der Waals surface area contributed by atoms with Gasteiger partial charge < -0.3 is 14.7 Å². The Morgan fingerprint density at radius 3 is 2.21 bits per heavy atom. The number of hydrogen-bond acceptors (Lipinski definition) is 4. The van der Waals surface area contributed by atoms with E-state index in [-0.39, 0.29) is 6.61 Å². The summed E-state index contributed by atoms with van der Waals surface area (Å²) in [6, 6.07) is 0. The van der Waals surface area contributed by atoms with E-state index < -0.39 is 15.6 Å². The molecule has 0 saturated carbocycles. The lowest BCUT2D eigenvalue weighted by Gasteiger charge is -2.10. The second-order valence-corrected chi connectivity index (χ2v) is 5.05. The van der Waals surface area contributed by atoms with Crippen LogP contribution in [0.5, 0.6) is 0 Å². The smallest absolute Gasteiger partial charge is 0.302 e. The van der Waals surface area contributed by atoms with Crippen LogP contribution in [0.1, 0.15) is 13.3 Å². The van der Waals surface area contributed by atoms with Crippen molar-refractivity contribution in [2.75, 3.05) is 6.61 Å². The first-order valence-electron chi connectivity index (χ1n) is 3.66. The zero-order valence-corrected chi connectivity index (χ0v) is 9.23. The van der Waals surface area contributed by atoms with Gasteiger partial charge in [0.2, 0.25) is 0 Å². The lowest BCUT2D eigenvalue weighted by Crippen LogP contribution is -1.93. The highest BCUT2D eigenvalue weighted by molar-refractivity contribution is 7.60. The van der Waals surface area contributed by atoms with Gasteiger partial charge >= 0.3 is 15.6 Å². The Balaban J connectivity index is 4.03. The highest BCUT2D eigenvalue weighted by Gasteiger charge is 2.31. The molecule has 0 aliphatic rings. The van der Waals surface area contributed by atoms with Gasteiger partial charge in [-0.3, -0.25) is 4.52 Å². The van der Waals surface area contributed by atoms with Gasteiger partial charge in [0.05, 0.1) is 6.61 Å².